The van der Waals surface area contributed by atoms with Crippen LogP contribution in [0.15, 0.2) is 28.7 Å². The van der Waals surface area contributed by atoms with E-state index in [0.29, 0.717) is 0 Å². The highest BCUT2D eigenvalue weighted by molar-refractivity contribution is 9.10. The van der Waals surface area contributed by atoms with Gasteiger partial charge in [-0.05, 0) is 50.0 Å². The summed E-state index contributed by atoms with van der Waals surface area (Å²) in [6, 6.07) is 9.35. The second kappa shape index (κ2) is 5.81. The fourth-order valence-corrected chi connectivity index (χ4v) is 3.72. The molecule has 0 radical (unpaired) electrons. The fourth-order valence-electron chi connectivity index (χ4n) is 3.33. The third-order valence-electron chi connectivity index (χ3n) is 4.50. The Labute approximate surface area is 123 Å². The van der Waals surface area contributed by atoms with Gasteiger partial charge in [0.05, 0.1) is 0 Å². The van der Waals surface area contributed by atoms with Crippen LogP contribution in [0.5, 0.6) is 0 Å². The average molecular weight is 324 g/mol. The molecule has 0 bridgehead atoms. The summed E-state index contributed by atoms with van der Waals surface area (Å²) in [5.74, 6) is 0.722. The predicted molar refractivity (Wildman–Crippen MR) is 83.5 cm³/mol. The Kier molecular flexibility index (Phi) is 4.10. The first-order valence-electron chi connectivity index (χ1n) is 7.21. The maximum Gasteiger partial charge on any atom is 0.0378 e. The summed E-state index contributed by atoms with van der Waals surface area (Å²) in [5, 5.41) is 0. The number of hydrogen-bond acceptors (Lipinski definition) is 3. The van der Waals surface area contributed by atoms with Crippen LogP contribution in [0, 0.1) is 5.92 Å². The molecule has 1 aromatic carbocycles. The molecule has 2 aliphatic rings. The SMILES string of the molecule is NCC1CCN(C2CCN(c3cccc(Br)c3)C2)C1. The minimum absolute atomic E-state index is 0.718. The maximum atomic E-state index is 5.79. The van der Waals surface area contributed by atoms with Crippen molar-refractivity contribution in [2.24, 2.45) is 11.7 Å². The van der Waals surface area contributed by atoms with E-state index in [1.807, 2.05) is 0 Å². The van der Waals surface area contributed by atoms with Crippen molar-refractivity contribution in [1.29, 1.82) is 0 Å². The molecule has 19 heavy (non-hydrogen) atoms. The zero-order valence-corrected chi connectivity index (χ0v) is 12.8. The van der Waals surface area contributed by atoms with Gasteiger partial charge in [-0.2, -0.15) is 0 Å². The Morgan fingerprint density at radius 2 is 2.11 bits per heavy atom. The summed E-state index contributed by atoms with van der Waals surface area (Å²) in [7, 11) is 0. The van der Waals surface area contributed by atoms with E-state index in [2.05, 4.69) is 50.0 Å². The van der Waals surface area contributed by atoms with Gasteiger partial charge in [0.15, 0.2) is 0 Å². The van der Waals surface area contributed by atoms with Crippen LogP contribution < -0.4 is 10.6 Å². The number of halogens is 1. The highest BCUT2D eigenvalue weighted by Gasteiger charge is 2.32. The maximum absolute atomic E-state index is 5.79. The Morgan fingerprint density at radius 1 is 1.21 bits per heavy atom. The molecule has 2 N–H and O–H groups in total. The smallest absolute Gasteiger partial charge is 0.0378 e. The summed E-state index contributed by atoms with van der Waals surface area (Å²) in [5.41, 5.74) is 7.13. The van der Waals surface area contributed by atoms with Crippen molar-refractivity contribution < 1.29 is 0 Å². The first-order valence-corrected chi connectivity index (χ1v) is 8.00. The molecule has 2 aliphatic heterocycles. The van der Waals surface area contributed by atoms with Crippen molar-refractivity contribution in [2.75, 3.05) is 37.6 Å². The van der Waals surface area contributed by atoms with Gasteiger partial charge in [-0.15, -0.1) is 0 Å². The molecule has 4 heteroatoms. The molecule has 2 atom stereocenters. The van der Waals surface area contributed by atoms with Gasteiger partial charge in [0.25, 0.3) is 0 Å². The van der Waals surface area contributed by atoms with Crippen molar-refractivity contribution in [3.05, 3.63) is 28.7 Å². The molecular weight excluding hydrogens is 302 g/mol. The quantitative estimate of drug-likeness (QED) is 0.926. The zero-order valence-electron chi connectivity index (χ0n) is 11.3. The number of hydrogen-bond donors (Lipinski definition) is 1. The minimum Gasteiger partial charge on any atom is -0.370 e. The number of rotatable bonds is 3. The lowest BCUT2D eigenvalue weighted by molar-refractivity contribution is 0.251. The van der Waals surface area contributed by atoms with E-state index in [9.17, 15) is 0 Å². The van der Waals surface area contributed by atoms with Crippen LogP contribution >= 0.6 is 15.9 Å². The largest absolute Gasteiger partial charge is 0.370 e. The fraction of sp³-hybridized carbons (Fsp3) is 0.600. The second-order valence-electron chi connectivity index (χ2n) is 5.75. The molecule has 2 unspecified atom stereocenters. The Bertz CT molecular complexity index is 437. The first kappa shape index (κ1) is 13.4. The van der Waals surface area contributed by atoms with Gasteiger partial charge in [0.1, 0.15) is 0 Å². The molecule has 1 aromatic rings. The molecule has 3 nitrogen and oxygen atoms in total. The molecule has 0 saturated carbocycles. The third-order valence-corrected chi connectivity index (χ3v) is 5.00. The predicted octanol–water partition coefficient (Wildman–Crippen LogP) is 2.31. The summed E-state index contributed by atoms with van der Waals surface area (Å²) >= 11 is 3.56. The summed E-state index contributed by atoms with van der Waals surface area (Å²) in [6.07, 6.45) is 2.56. The van der Waals surface area contributed by atoms with Crippen molar-refractivity contribution >= 4 is 21.6 Å². The van der Waals surface area contributed by atoms with Gasteiger partial charge in [-0.3, -0.25) is 4.90 Å². The van der Waals surface area contributed by atoms with Crippen molar-refractivity contribution in [3.63, 3.8) is 0 Å². The molecule has 0 spiro atoms. The van der Waals surface area contributed by atoms with Gasteiger partial charge in [-0.1, -0.05) is 22.0 Å². The Morgan fingerprint density at radius 3 is 2.84 bits per heavy atom. The average Bonchev–Trinajstić information content (AvgIpc) is 3.07. The second-order valence-corrected chi connectivity index (χ2v) is 6.67. The minimum atomic E-state index is 0.718. The van der Waals surface area contributed by atoms with E-state index in [4.69, 9.17) is 5.73 Å². The summed E-state index contributed by atoms with van der Waals surface area (Å²) < 4.78 is 1.16. The van der Waals surface area contributed by atoms with Crippen molar-refractivity contribution in [2.45, 2.75) is 18.9 Å². The number of nitrogens with two attached hydrogens (primary N) is 1. The van der Waals surface area contributed by atoms with Gasteiger partial charge >= 0.3 is 0 Å². The van der Waals surface area contributed by atoms with Gasteiger partial charge in [-0.25, -0.2) is 0 Å². The summed E-state index contributed by atoms with van der Waals surface area (Å²) in [6.45, 7) is 5.61. The van der Waals surface area contributed by atoms with E-state index in [1.54, 1.807) is 0 Å². The summed E-state index contributed by atoms with van der Waals surface area (Å²) in [4.78, 5) is 5.15. The number of benzene rings is 1. The van der Waals surface area contributed by atoms with E-state index < -0.39 is 0 Å². The lowest BCUT2D eigenvalue weighted by atomic mass is 10.1. The Hall–Kier alpha value is -0.580. The number of likely N-dealkylation sites (tertiary alicyclic amines) is 1. The highest BCUT2D eigenvalue weighted by atomic mass is 79.9. The molecule has 2 fully saturated rings. The van der Waals surface area contributed by atoms with Crippen LogP contribution in [-0.2, 0) is 0 Å². The van der Waals surface area contributed by atoms with Crippen LogP contribution in [0.4, 0.5) is 5.69 Å². The molecule has 3 rings (SSSR count). The van der Waals surface area contributed by atoms with Crippen LogP contribution in [0.1, 0.15) is 12.8 Å². The standard InChI is InChI=1S/C15H22BrN3/c16-13-2-1-3-14(8-13)19-7-5-15(11-19)18-6-4-12(9-17)10-18/h1-3,8,12,15H,4-7,9-11,17H2. The van der Waals surface area contributed by atoms with Gasteiger partial charge in [0, 0.05) is 35.8 Å². The third kappa shape index (κ3) is 2.96. The van der Waals surface area contributed by atoms with E-state index >= 15 is 0 Å². The molecule has 104 valence electrons. The van der Waals surface area contributed by atoms with Crippen LogP contribution in [-0.4, -0.2) is 43.7 Å². The first-order chi connectivity index (χ1) is 9.26. The van der Waals surface area contributed by atoms with Crippen LogP contribution in [0.2, 0.25) is 0 Å². The van der Waals surface area contributed by atoms with Gasteiger partial charge < -0.3 is 10.6 Å². The van der Waals surface area contributed by atoms with Crippen LogP contribution in [0.3, 0.4) is 0 Å². The van der Waals surface area contributed by atoms with E-state index in [-0.39, 0.29) is 0 Å². The van der Waals surface area contributed by atoms with Crippen LogP contribution in [0.25, 0.3) is 0 Å². The molecule has 0 amide bonds. The number of nitrogens with zero attached hydrogens (tertiary/aromatic N) is 2. The van der Waals surface area contributed by atoms with Gasteiger partial charge in [0.2, 0.25) is 0 Å². The van der Waals surface area contributed by atoms with E-state index in [1.165, 1.54) is 38.2 Å². The lowest BCUT2D eigenvalue weighted by Gasteiger charge is -2.25. The highest BCUT2D eigenvalue weighted by Crippen LogP contribution is 2.28. The topological polar surface area (TPSA) is 32.5 Å². The van der Waals surface area contributed by atoms with E-state index in [0.717, 1.165) is 29.5 Å². The molecule has 2 saturated heterocycles. The molecular formula is C15H22BrN3. The molecule has 2 heterocycles. The zero-order chi connectivity index (χ0) is 13.2. The Balaban J connectivity index is 1.61. The van der Waals surface area contributed by atoms with Crippen molar-refractivity contribution in [1.82, 2.24) is 4.90 Å². The number of anilines is 1. The monoisotopic (exact) mass is 323 g/mol. The lowest BCUT2D eigenvalue weighted by Crippen LogP contribution is -2.36. The van der Waals surface area contributed by atoms with Crippen molar-refractivity contribution in [3.8, 4) is 0 Å². The molecule has 0 aromatic heterocycles. The normalized spacial score (nSPS) is 28.2. The molecule has 0 aliphatic carbocycles.